The zero-order chi connectivity index (χ0) is 11.5. The van der Waals surface area contributed by atoms with Gasteiger partial charge >= 0.3 is 0 Å². The van der Waals surface area contributed by atoms with E-state index < -0.39 is 0 Å². The minimum absolute atomic E-state index is 0.123. The van der Waals surface area contributed by atoms with Crippen LogP contribution in [0.15, 0.2) is 30.3 Å². The van der Waals surface area contributed by atoms with Crippen molar-refractivity contribution in [3.8, 4) is 5.75 Å². The molecule has 1 heterocycles. The van der Waals surface area contributed by atoms with E-state index >= 15 is 0 Å². The minimum atomic E-state index is -0.123. The molecular formula is C12H14N2O2. The number of carbonyl (C=O) groups is 1. The van der Waals surface area contributed by atoms with Gasteiger partial charge in [-0.2, -0.15) is 0 Å². The summed E-state index contributed by atoms with van der Waals surface area (Å²) in [4.78, 5) is 13.4. The van der Waals surface area contributed by atoms with E-state index in [1.807, 2.05) is 18.0 Å². The van der Waals surface area contributed by atoms with Gasteiger partial charge in [-0.25, -0.2) is 0 Å². The Hall–Kier alpha value is -1.97. The topological polar surface area (TPSA) is 52.6 Å². The van der Waals surface area contributed by atoms with Crippen LogP contribution in [0.4, 0.5) is 0 Å². The Kier molecular flexibility index (Phi) is 2.81. The second kappa shape index (κ2) is 4.26. The molecule has 1 aromatic rings. The molecule has 84 valence electrons. The second-order valence-corrected chi connectivity index (χ2v) is 3.76. The van der Waals surface area contributed by atoms with Crippen molar-refractivity contribution in [3.05, 3.63) is 35.9 Å². The number of carbonyl (C=O) groups excluding carboxylic acids is 1. The number of rotatable bonds is 1. The fourth-order valence-electron chi connectivity index (χ4n) is 1.73. The lowest BCUT2D eigenvalue weighted by molar-refractivity contribution is -0.116. The first-order valence-corrected chi connectivity index (χ1v) is 5.17. The maximum atomic E-state index is 11.4. The van der Waals surface area contributed by atoms with Crippen LogP contribution in [0.3, 0.4) is 0 Å². The highest BCUT2D eigenvalue weighted by Crippen LogP contribution is 2.26. The maximum absolute atomic E-state index is 11.4. The van der Waals surface area contributed by atoms with Crippen molar-refractivity contribution in [1.29, 1.82) is 0 Å². The van der Waals surface area contributed by atoms with Crippen molar-refractivity contribution in [2.75, 3.05) is 20.1 Å². The largest absolute Gasteiger partial charge is 0.507 e. The van der Waals surface area contributed by atoms with Gasteiger partial charge in [-0.3, -0.25) is 4.79 Å². The Morgan fingerprint density at radius 3 is 2.88 bits per heavy atom. The Morgan fingerprint density at radius 2 is 2.12 bits per heavy atom. The highest BCUT2D eigenvalue weighted by molar-refractivity contribution is 5.95. The Bertz CT molecular complexity index is 440. The van der Waals surface area contributed by atoms with Crippen LogP contribution in [-0.2, 0) is 4.79 Å². The number of benzene rings is 1. The van der Waals surface area contributed by atoms with Crippen LogP contribution in [0.5, 0.6) is 5.75 Å². The van der Waals surface area contributed by atoms with Crippen molar-refractivity contribution >= 4 is 11.6 Å². The van der Waals surface area contributed by atoms with Crippen LogP contribution in [0, 0.1) is 0 Å². The zero-order valence-electron chi connectivity index (χ0n) is 9.10. The number of likely N-dealkylation sites (N-methyl/N-ethyl adjacent to an activating group) is 1. The molecule has 0 spiro atoms. The van der Waals surface area contributed by atoms with E-state index in [4.69, 9.17) is 0 Å². The average Bonchev–Trinajstić information content (AvgIpc) is 2.42. The third-order valence-electron chi connectivity index (χ3n) is 2.61. The Balaban J connectivity index is 2.44. The summed E-state index contributed by atoms with van der Waals surface area (Å²) in [6.45, 7) is 1.34. The molecule has 4 heteroatoms. The van der Waals surface area contributed by atoms with Gasteiger partial charge in [-0.05, 0) is 12.1 Å². The maximum Gasteiger partial charge on any atom is 0.246 e. The van der Waals surface area contributed by atoms with Crippen molar-refractivity contribution in [3.63, 3.8) is 0 Å². The Labute approximate surface area is 94.2 Å². The molecular weight excluding hydrogens is 204 g/mol. The lowest BCUT2D eigenvalue weighted by atomic mass is 10.1. The van der Waals surface area contributed by atoms with Crippen LogP contribution in [0.2, 0.25) is 0 Å². The molecule has 2 rings (SSSR count). The summed E-state index contributed by atoms with van der Waals surface area (Å²) < 4.78 is 0. The number of hydrogen-bond donors (Lipinski definition) is 2. The number of para-hydroxylation sites is 1. The van der Waals surface area contributed by atoms with E-state index in [2.05, 4.69) is 5.32 Å². The number of amides is 1. The van der Waals surface area contributed by atoms with Crippen molar-refractivity contribution < 1.29 is 9.90 Å². The summed E-state index contributed by atoms with van der Waals surface area (Å²) in [6, 6.07) is 7.02. The van der Waals surface area contributed by atoms with E-state index in [-0.39, 0.29) is 11.7 Å². The fourth-order valence-corrected chi connectivity index (χ4v) is 1.73. The molecule has 4 nitrogen and oxygen atoms in total. The fraction of sp³-hybridized carbons (Fsp3) is 0.250. The Morgan fingerprint density at radius 1 is 1.38 bits per heavy atom. The van der Waals surface area contributed by atoms with Crippen LogP contribution < -0.4 is 5.32 Å². The molecule has 0 aromatic heterocycles. The van der Waals surface area contributed by atoms with Gasteiger partial charge in [-0.15, -0.1) is 0 Å². The number of hydrogen-bond acceptors (Lipinski definition) is 3. The van der Waals surface area contributed by atoms with Crippen LogP contribution >= 0.6 is 0 Å². The van der Waals surface area contributed by atoms with Gasteiger partial charge in [0.2, 0.25) is 5.91 Å². The molecule has 1 amide bonds. The molecule has 1 aromatic carbocycles. The van der Waals surface area contributed by atoms with E-state index in [0.717, 1.165) is 12.2 Å². The molecule has 0 aliphatic carbocycles. The van der Waals surface area contributed by atoms with Gasteiger partial charge in [-0.1, -0.05) is 12.1 Å². The highest BCUT2D eigenvalue weighted by atomic mass is 16.3. The molecule has 0 saturated heterocycles. The molecule has 1 aliphatic heterocycles. The van der Waals surface area contributed by atoms with Gasteiger partial charge in [0.1, 0.15) is 5.75 Å². The number of nitrogens with one attached hydrogen (secondary N) is 1. The predicted molar refractivity (Wildman–Crippen MR) is 61.7 cm³/mol. The number of nitrogens with zero attached hydrogens (tertiary/aromatic N) is 1. The zero-order valence-corrected chi connectivity index (χ0v) is 9.10. The quantitative estimate of drug-likeness (QED) is 0.733. The normalized spacial score (nSPS) is 16.4. The van der Waals surface area contributed by atoms with Crippen molar-refractivity contribution in [2.45, 2.75) is 0 Å². The van der Waals surface area contributed by atoms with Gasteiger partial charge in [0.15, 0.2) is 0 Å². The van der Waals surface area contributed by atoms with E-state index in [1.165, 1.54) is 6.08 Å². The number of aromatic hydroxyl groups is 1. The lowest BCUT2D eigenvalue weighted by Crippen LogP contribution is -2.26. The van der Waals surface area contributed by atoms with Gasteiger partial charge in [0, 0.05) is 31.8 Å². The highest BCUT2D eigenvalue weighted by Gasteiger charge is 2.15. The predicted octanol–water partition coefficient (Wildman–Crippen LogP) is 0.795. The summed E-state index contributed by atoms with van der Waals surface area (Å²) in [5, 5.41) is 12.5. The van der Waals surface area contributed by atoms with Gasteiger partial charge in [0.05, 0.1) is 5.70 Å². The molecule has 0 saturated carbocycles. The second-order valence-electron chi connectivity index (χ2n) is 3.76. The smallest absolute Gasteiger partial charge is 0.246 e. The standard InChI is InChI=1S/C12H14N2O2/c1-14-7-6-13-12(16)8-10(14)9-4-2-3-5-11(9)15/h2-5,8,15H,6-7H2,1H3,(H,13,16). The summed E-state index contributed by atoms with van der Waals surface area (Å²) in [5.74, 6) is 0.0675. The first kappa shape index (κ1) is 10.5. The first-order chi connectivity index (χ1) is 7.68. The number of phenols is 1. The molecule has 0 radical (unpaired) electrons. The SMILES string of the molecule is CN1CCNC(=O)C=C1c1ccccc1O. The van der Waals surface area contributed by atoms with Crippen LogP contribution in [-0.4, -0.2) is 36.1 Å². The van der Waals surface area contributed by atoms with Crippen molar-refractivity contribution in [1.82, 2.24) is 10.2 Å². The molecule has 2 N–H and O–H groups in total. The van der Waals surface area contributed by atoms with Crippen LogP contribution in [0.1, 0.15) is 5.56 Å². The molecule has 0 atom stereocenters. The molecule has 0 bridgehead atoms. The van der Waals surface area contributed by atoms with E-state index in [1.54, 1.807) is 18.2 Å². The monoisotopic (exact) mass is 218 g/mol. The lowest BCUT2D eigenvalue weighted by Gasteiger charge is -2.20. The summed E-state index contributed by atoms with van der Waals surface area (Å²) >= 11 is 0. The molecule has 1 aliphatic rings. The number of phenolic OH excluding ortho intramolecular Hbond substituents is 1. The molecule has 0 unspecified atom stereocenters. The van der Waals surface area contributed by atoms with E-state index in [9.17, 15) is 9.90 Å². The molecule has 16 heavy (non-hydrogen) atoms. The third-order valence-corrected chi connectivity index (χ3v) is 2.61. The molecule has 0 fully saturated rings. The van der Waals surface area contributed by atoms with Crippen LogP contribution in [0.25, 0.3) is 5.70 Å². The first-order valence-electron chi connectivity index (χ1n) is 5.17. The average molecular weight is 218 g/mol. The van der Waals surface area contributed by atoms with Crippen molar-refractivity contribution in [2.24, 2.45) is 0 Å². The summed E-state index contributed by atoms with van der Waals surface area (Å²) in [6.07, 6.45) is 1.52. The third kappa shape index (κ3) is 2.00. The van der Waals surface area contributed by atoms with E-state index in [0.29, 0.717) is 12.1 Å². The summed E-state index contributed by atoms with van der Waals surface area (Å²) in [5.41, 5.74) is 1.43. The minimum Gasteiger partial charge on any atom is -0.507 e. The summed E-state index contributed by atoms with van der Waals surface area (Å²) in [7, 11) is 1.90. The van der Waals surface area contributed by atoms with Gasteiger partial charge < -0.3 is 15.3 Å². The van der Waals surface area contributed by atoms with Gasteiger partial charge in [0.25, 0.3) is 0 Å².